The molecule has 2 aromatic carbocycles. The average molecular weight is 293 g/mol. The summed E-state index contributed by atoms with van der Waals surface area (Å²) in [7, 11) is 2.14. The van der Waals surface area contributed by atoms with Gasteiger partial charge in [-0.3, -0.25) is 0 Å². The van der Waals surface area contributed by atoms with Crippen LogP contribution >= 0.6 is 0 Å². The number of rotatable bonds is 2. The van der Waals surface area contributed by atoms with Crippen molar-refractivity contribution in [2.24, 2.45) is 0 Å². The molecule has 0 atom stereocenters. The van der Waals surface area contributed by atoms with Gasteiger partial charge < -0.3 is 4.90 Å². The Morgan fingerprint density at radius 2 is 1.59 bits per heavy atom. The van der Waals surface area contributed by atoms with Crippen molar-refractivity contribution in [1.82, 2.24) is 0 Å². The molecule has 1 aliphatic carbocycles. The van der Waals surface area contributed by atoms with E-state index >= 15 is 0 Å². The summed E-state index contributed by atoms with van der Waals surface area (Å²) >= 11 is 0. The number of benzene rings is 2. The van der Waals surface area contributed by atoms with Crippen molar-refractivity contribution in [3.63, 3.8) is 0 Å². The molecular formula is C21H27N. The van der Waals surface area contributed by atoms with E-state index < -0.39 is 0 Å². The number of nitrogens with zero attached hydrogens (tertiary/aromatic N) is 1. The van der Waals surface area contributed by atoms with Gasteiger partial charge in [-0.15, -0.1) is 0 Å². The number of hydrogen-bond donors (Lipinski definition) is 0. The van der Waals surface area contributed by atoms with Crippen LogP contribution in [0.3, 0.4) is 0 Å². The fourth-order valence-electron chi connectivity index (χ4n) is 3.19. The highest BCUT2D eigenvalue weighted by Crippen LogP contribution is 2.41. The highest BCUT2D eigenvalue weighted by molar-refractivity contribution is 5.74. The van der Waals surface area contributed by atoms with Crippen LogP contribution in [-0.4, -0.2) is 7.05 Å². The molecule has 3 rings (SSSR count). The second-order valence-corrected chi connectivity index (χ2v) is 7.10. The summed E-state index contributed by atoms with van der Waals surface area (Å²) in [5.41, 5.74) is 8.25. The van der Waals surface area contributed by atoms with Crippen LogP contribution in [0.4, 0.5) is 11.4 Å². The lowest BCUT2D eigenvalue weighted by atomic mass is 9.73. The van der Waals surface area contributed by atoms with Crippen molar-refractivity contribution in [2.75, 3.05) is 11.9 Å². The lowest BCUT2D eigenvalue weighted by Crippen LogP contribution is -2.22. The molecule has 0 saturated heterocycles. The number of allylic oxidation sites excluding steroid dienone is 2. The van der Waals surface area contributed by atoms with Gasteiger partial charge in [-0.2, -0.15) is 0 Å². The molecule has 1 aliphatic rings. The first-order valence-corrected chi connectivity index (χ1v) is 8.00. The lowest BCUT2D eigenvalue weighted by Gasteiger charge is -2.33. The SMILES string of the molecule is CC1=CCC(C)(C)c2cc(N(C)c3ccc(C)cc3)ccc21.[HH]. The van der Waals surface area contributed by atoms with Crippen molar-refractivity contribution in [1.29, 1.82) is 0 Å². The van der Waals surface area contributed by atoms with Gasteiger partial charge in [0.1, 0.15) is 0 Å². The van der Waals surface area contributed by atoms with E-state index in [9.17, 15) is 0 Å². The van der Waals surface area contributed by atoms with E-state index in [4.69, 9.17) is 0 Å². The summed E-state index contributed by atoms with van der Waals surface area (Å²) in [5, 5.41) is 0. The van der Waals surface area contributed by atoms with Crippen LogP contribution in [0.15, 0.2) is 48.5 Å². The van der Waals surface area contributed by atoms with Crippen LogP contribution in [0.25, 0.3) is 5.57 Å². The van der Waals surface area contributed by atoms with E-state index in [1.54, 1.807) is 0 Å². The quantitative estimate of drug-likeness (QED) is 0.647. The van der Waals surface area contributed by atoms with Gasteiger partial charge >= 0.3 is 0 Å². The zero-order valence-electron chi connectivity index (χ0n) is 14.3. The fourth-order valence-corrected chi connectivity index (χ4v) is 3.19. The number of hydrogen-bond acceptors (Lipinski definition) is 1. The summed E-state index contributed by atoms with van der Waals surface area (Å²) in [4.78, 5) is 2.27. The van der Waals surface area contributed by atoms with Gasteiger partial charge in [0.2, 0.25) is 0 Å². The predicted molar refractivity (Wildman–Crippen MR) is 99.1 cm³/mol. The third kappa shape index (κ3) is 2.56. The summed E-state index contributed by atoms with van der Waals surface area (Å²) < 4.78 is 0. The molecule has 0 amide bonds. The van der Waals surface area contributed by atoms with E-state index in [1.807, 2.05) is 0 Å². The zero-order valence-corrected chi connectivity index (χ0v) is 14.3. The highest BCUT2D eigenvalue weighted by atomic mass is 15.1. The van der Waals surface area contributed by atoms with Gasteiger partial charge in [0.15, 0.2) is 0 Å². The van der Waals surface area contributed by atoms with E-state index in [2.05, 4.69) is 88.2 Å². The molecule has 0 heterocycles. The second-order valence-electron chi connectivity index (χ2n) is 7.10. The Morgan fingerprint density at radius 1 is 0.955 bits per heavy atom. The topological polar surface area (TPSA) is 3.24 Å². The van der Waals surface area contributed by atoms with Gasteiger partial charge in [-0.05, 0) is 66.6 Å². The van der Waals surface area contributed by atoms with E-state index in [0.717, 1.165) is 6.42 Å². The van der Waals surface area contributed by atoms with Crippen molar-refractivity contribution >= 4 is 16.9 Å². The first kappa shape index (κ1) is 14.9. The third-order valence-electron chi connectivity index (χ3n) is 4.88. The molecule has 0 radical (unpaired) electrons. The monoisotopic (exact) mass is 293 g/mol. The molecule has 0 unspecified atom stereocenters. The first-order valence-electron chi connectivity index (χ1n) is 8.00. The van der Waals surface area contributed by atoms with Crippen LogP contribution < -0.4 is 4.90 Å². The van der Waals surface area contributed by atoms with Crippen LogP contribution in [0, 0.1) is 6.92 Å². The van der Waals surface area contributed by atoms with Crippen LogP contribution in [0.5, 0.6) is 0 Å². The van der Waals surface area contributed by atoms with Crippen molar-refractivity contribution in [2.45, 2.75) is 39.5 Å². The summed E-state index contributed by atoms with van der Waals surface area (Å²) in [5.74, 6) is 0. The van der Waals surface area contributed by atoms with E-state index in [-0.39, 0.29) is 6.84 Å². The van der Waals surface area contributed by atoms with Crippen LogP contribution in [0.2, 0.25) is 0 Å². The number of fused-ring (bicyclic) bond motifs is 1. The molecule has 0 saturated carbocycles. The molecule has 2 aromatic rings. The van der Waals surface area contributed by atoms with E-state index in [1.165, 1.54) is 33.6 Å². The maximum Gasteiger partial charge on any atom is 0.0411 e. The maximum absolute atomic E-state index is 2.37. The average Bonchev–Trinajstić information content (AvgIpc) is 2.51. The van der Waals surface area contributed by atoms with Crippen molar-refractivity contribution in [3.8, 4) is 0 Å². The molecule has 0 aliphatic heterocycles. The molecule has 0 spiro atoms. The molecule has 116 valence electrons. The predicted octanol–water partition coefficient (Wildman–Crippen LogP) is 6.09. The van der Waals surface area contributed by atoms with Crippen LogP contribution in [-0.2, 0) is 5.41 Å². The van der Waals surface area contributed by atoms with E-state index in [0.29, 0.717) is 0 Å². The molecule has 0 N–H and O–H groups in total. The summed E-state index contributed by atoms with van der Waals surface area (Å²) in [6.45, 7) is 9.02. The second kappa shape index (κ2) is 5.31. The third-order valence-corrected chi connectivity index (χ3v) is 4.88. The van der Waals surface area contributed by atoms with Gasteiger partial charge in [-0.25, -0.2) is 0 Å². The van der Waals surface area contributed by atoms with Gasteiger partial charge in [0, 0.05) is 19.8 Å². The number of aryl methyl sites for hydroxylation is 1. The molecule has 1 heteroatoms. The molecule has 0 aromatic heterocycles. The Labute approximate surface area is 135 Å². The molecular weight excluding hydrogens is 266 g/mol. The lowest BCUT2D eigenvalue weighted by molar-refractivity contribution is 0.527. The smallest absolute Gasteiger partial charge is 0.0411 e. The zero-order chi connectivity index (χ0) is 15.9. The standard InChI is InChI=1S/C21H25N.H2/c1-15-6-8-17(9-7-15)22(5)18-10-11-19-16(2)12-13-21(3,4)20(19)14-18;/h6-12,14H,13H2,1-5H3;1H. The Morgan fingerprint density at radius 3 is 2.27 bits per heavy atom. The highest BCUT2D eigenvalue weighted by Gasteiger charge is 2.27. The Bertz CT molecular complexity index is 726. The minimum atomic E-state index is 0. The van der Waals surface area contributed by atoms with Crippen LogP contribution in [0.1, 0.15) is 45.3 Å². The Balaban J connectivity index is 0.00000192. The first-order chi connectivity index (χ1) is 10.4. The van der Waals surface area contributed by atoms with Gasteiger partial charge in [-0.1, -0.05) is 43.7 Å². The Kier molecular flexibility index (Phi) is 3.60. The van der Waals surface area contributed by atoms with Crippen molar-refractivity contribution in [3.05, 3.63) is 65.2 Å². The normalized spacial score (nSPS) is 16.0. The molecule has 0 fully saturated rings. The molecule has 22 heavy (non-hydrogen) atoms. The van der Waals surface area contributed by atoms with Gasteiger partial charge in [0.05, 0.1) is 0 Å². The van der Waals surface area contributed by atoms with Gasteiger partial charge in [0.25, 0.3) is 0 Å². The summed E-state index contributed by atoms with van der Waals surface area (Å²) in [6.07, 6.45) is 3.48. The Hall–Kier alpha value is -2.02. The minimum absolute atomic E-state index is 0. The largest absolute Gasteiger partial charge is 0.345 e. The fraction of sp³-hybridized carbons (Fsp3) is 0.333. The molecule has 1 nitrogen and oxygen atoms in total. The van der Waals surface area contributed by atoms with Crippen molar-refractivity contribution < 1.29 is 1.43 Å². The minimum Gasteiger partial charge on any atom is -0.345 e. The number of anilines is 2. The maximum atomic E-state index is 2.37. The summed E-state index contributed by atoms with van der Waals surface area (Å²) in [6, 6.07) is 15.6. The molecule has 0 bridgehead atoms.